The van der Waals surface area contributed by atoms with Crippen LogP contribution in [0.15, 0.2) is 97.2 Å². The summed E-state index contributed by atoms with van der Waals surface area (Å²) in [5.74, 6) is -1.61. The zero-order chi connectivity index (χ0) is 26.0. The number of imide groups is 1. The first-order valence-electron chi connectivity index (χ1n) is 12.7. The maximum Gasteiger partial charge on any atom is 0.240 e. The van der Waals surface area contributed by atoms with E-state index in [-0.39, 0.29) is 17.6 Å². The van der Waals surface area contributed by atoms with Gasteiger partial charge < -0.3 is 9.64 Å². The van der Waals surface area contributed by atoms with Crippen molar-refractivity contribution in [2.75, 3.05) is 12.0 Å². The van der Waals surface area contributed by atoms with E-state index in [1.165, 1.54) is 4.90 Å². The summed E-state index contributed by atoms with van der Waals surface area (Å²) >= 11 is 0. The minimum atomic E-state index is -0.802. The highest BCUT2D eigenvalue weighted by atomic mass is 16.5. The van der Waals surface area contributed by atoms with Crippen LogP contribution in [0.4, 0.5) is 5.69 Å². The number of rotatable bonds is 4. The van der Waals surface area contributed by atoms with Crippen LogP contribution < -0.4 is 9.64 Å². The Bertz CT molecular complexity index is 1660. The van der Waals surface area contributed by atoms with Crippen LogP contribution in [-0.2, 0) is 9.59 Å². The predicted octanol–water partition coefficient (Wildman–Crippen LogP) is 5.25. The minimum absolute atomic E-state index is 0.185. The third-order valence-electron chi connectivity index (χ3n) is 8.10. The monoisotopic (exact) mass is 500 g/mol. The van der Waals surface area contributed by atoms with Gasteiger partial charge in [0.25, 0.3) is 0 Å². The van der Waals surface area contributed by atoms with Crippen LogP contribution in [0.3, 0.4) is 0 Å². The fourth-order valence-corrected chi connectivity index (χ4v) is 6.35. The summed E-state index contributed by atoms with van der Waals surface area (Å²) < 4.78 is 5.26. The molecule has 0 unspecified atom stereocenters. The Labute approximate surface area is 219 Å². The van der Waals surface area contributed by atoms with Crippen LogP contribution in [0.1, 0.15) is 27.5 Å². The van der Waals surface area contributed by atoms with Gasteiger partial charge in [0, 0.05) is 11.8 Å². The number of hydrogen-bond donors (Lipinski definition) is 0. The van der Waals surface area contributed by atoms with Crippen molar-refractivity contribution < 1.29 is 19.1 Å². The van der Waals surface area contributed by atoms with E-state index in [0.717, 1.165) is 21.9 Å². The van der Waals surface area contributed by atoms with Gasteiger partial charge in [-0.1, -0.05) is 54.6 Å². The van der Waals surface area contributed by atoms with Gasteiger partial charge in [0.1, 0.15) is 11.8 Å². The molecule has 0 spiro atoms. The number of ether oxygens (including phenoxy) is 1. The highest BCUT2D eigenvalue weighted by Gasteiger charge is 2.64. The van der Waals surface area contributed by atoms with Crippen LogP contribution in [-0.4, -0.2) is 35.6 Å². The normalized spacial score (nSPS) is 23.4. The second-order valence-corrected chi connectivity index (χ2v) is 9.97. The molecule has 0 saturated carbocycles. The third-order valence-corrected chi connectivity index (χ3v) is 8.10. The van der Waals surface area contributed by atoms with Gasteiger partial charge in [0.2, 0.25) is 11.8 Å². The molecular weight excluding hydrogens is 476 g/mol. The molecule has 0 N–H and O–H groups in total. The Hall–Kier alpha value is -4.71. The molecule has 7 rings (SSSR count). The van der Waals surface area contributed by atoms with Gasteiger partial charge in [-0.2, -0.15) is 0 Å². The van der Waals surface area contributed by atoms with Gasteiger partial charge in [-0.15, -0.1) is 0 Å². The molecule has 3 aliphatic heterocycles. The average Bonchev–Trinajstić information content (AvgIpc) is 3.44. The summed E-state index contributed by atoms with van der Waals surface area (Å²) in [4.78, 5) is 45.5. The molecule has 186 valence electrons. The molecule has 2 fully saturated rings. The average molecular weight is 501 g/mol. The van der Waals surface area contributed by atoms with Crippen molar-refractivity contribution in [3.8, 4) is 5.75 Å². The summed E-state index contributed by atoms with van der Waals surface area (Å²) in [7, 11) is 1.57. The first-order chi connectivity index (χ1) is 18.6. The fraction of sp³-hybridized carbons (Fsp3) is 0.156. The summed E-state index contributed by atoms with van der Waals surface area (Å²) in [6.07, 6.45) is 3.83. The Morgan fingerprint density at radius 2 is 1.50 bits per heavy atom. The maximum absolute atomic E-state index is 14.1. The quantitative estimate of drug-likeness (QED) is 0.283. The molecule has 4 atom stereocenters. The molecule has 3 heterocycles. The van der Waals surface area contributed by atoms with Crippen LogP contribution in [0, 0.1) is 11.8 Å². The number of benzene rings is 4. The van der Waals surface area contributed by atoms with Crippen molar-refractivity contribution in [2.45, 2.75) is 12.1 Å². The number of Topliss-reactive ketones (excluding diaryl/α,β-unsaturated/α-hetero) is 1. The van der Waals surface area contributed by atoms with Gasteiger partial charge in [0.05, 0.1) is 30.7 Å². The molecule has 4 aromatic rings. The van der Waals surface area contributed by atoms with Crippen molar-refractivity contribution in [1.82, 2.24) is 4.90 Å². The number of anilines is 1. The number of carbonyl (C=O) groups excluding carboxylic acids is 3. The Kier molecular flexibility index (Phi) is 4.98. The largest absolute Gasteiger partial charge is 0.497 e. The molecule has 3 aliphatic rings. The number of carbonyl (C=O) groups is 3. The molecular formula is C32H24N2O4. The van der Waals surface area contributed by atoms with Crippen molar-refractivity contribution in [3.63, 3.8) is 0 Å². The molecule has 38 heavy (non-hydrogen) atoms. The Morgan fingerprint density at radius 1 is 0.789 bits per heavy atom. The van der Waals surface area contributed by atoms with Crippen molar-refractivity contribution in [2.24, 2.45) is 11.8 Å². The van der Waals surface area contributed by atoms with Crippen molar-refractivity contribution in [1.29, 1.82) is 0 Å². The molecule has 6 nitrogen and oxygen atoms in total. The molecule has 2 saturated heterocycles. The maximum atomic E-state index is 14.1. The van der Waals surface area contributed by atoms with Gasteiger partial charge >= 0.3 is 0 Å². The van der Waals surface area contributed by atoms with E-state index in [9.17, 15) is 14.4 Å². The first-order valence-corrected chi connectivity index (χ1v) is 12.7. The van der Waals surface area contributed by atoms with E-state index < -0.39 is 23.9 Å². The van der Waals surface area contributed by atoms with Crippen LogP contribution >= 0.6 is 0 Å². The minimum Gasteiger partial charge on any atom is -0.497 e. The second-order valence-electron chi connectivity index (χ2n) is 9.97. The highest BCUT2D eigenvalue weighted by Crippen LogP contribution is 2.53. The number of ketones is 1. The molecule has 6 heteroatoms. The number of methoxy groups -OCH3 is 1. The van der Waals surface area contributed by atoms with E-state index in [0.29, 0.717) is 17.0 Å². The number of fused-ring (bicyclic) bond motifs is 6. The summed E-state index contributed by atoms with van der Waals surface area (Å²) in [6, 6.07) is 27.0. The Morgan fingerprint density at radius 3 is 2.29 bits per heavy atom. The second kappa shape index (κ2) is 8.42. The molecule has 0 aliphatic carbocycles. The lowest BCUT2D eigenvalue weighted by Crippen LogP contribution is -2.44. The number of nitrogens with zero attached hydrogens (tertiary/aromatic N) is 2. The molecule has 0 aromatic heterocycles. The molecule has 0 radical (unpaired) electrons. The smallest absolute Gasteiger partial charge is 0.240 e. The van der Waals surface area contributed by atoms with Crippen LogP contribution in [0.2, 0.25) is 0 Å². The molecule has 2 amide bonds. The lowest BCUT2D eigenvalue weighted by Gasteiger charge is -2.35. The van der Waals surface area contributed by atoms with Crippen molar-refractivity contribution >= 4 is 40.1 Å². The zero-order valence-electron chi connectivity index (χ0n) is 20.7. The number of hydrogen-bond acceptors (Lipinski definition) is 5. The summed E-state index contributed by atoms with van der Waals surface area (Å²) in [6.45, 7) is 0. The van der Waals surface area contributed by atoms with Gasteiger partial charge in [-0.3, -0.25) is 14.4 Å². The van der Waals surface area contributed by atoms with Gasteiger partial charge in [-0.25, -0.2) is 4.90 Å². The molecule has 0 bridgehead atoms. The molecule has 4 aromatic carbocycles. The van der Waals surface area contributed by atoms with Crippen LogP contribution in [0.25, 0.3) is 16.8 Å². The van der Waals surface area contributed by atoms with E-state index >= 15 is 0 Å². The summed E-state index contributed by atoms with van der Waals surface area (Å²) in [5.41, 5.74) is 2.97. The predicted molar refractivity (Wildman–Crippen MR) is 145 cm³/mol. The van der Waals surface area contributed by atoms with E-state index in [4.69, 9.17) is 4.74 Å². The van der Waals surface area contributed by atoms with Crippen LogP contribution in [0.5, 0.6) is 5.75 Å². The van der Waals surface area contributed by atoms with E-state index in [1.54, 1.807) is 31.4 Å². The Balaban J connectivity index is 1.35. The summed E-state index contributed by atoms with van der Waals surface area (Å²) in [5, 5.41) is 1.97. The van der Waals surface area contributed by atoms with Crippen molar-refractivity contribution in [3.05, 3.63) is 114 Å². The third kappa shape index (κ3) is 3.16. The highest BCUT2D eigenvalue weighted by molar-refractivity contribution is 6.25. The SMILES string of the molecule is COc1ccc(C(=O)[C@H]2[C@H]3C(=O)N(c4ccc5ccccc5c4)C(=O)[C@@H]3[C@H]3c4ccccc4C=CN32)cc1. The fourth-order valence-electron chi connectivity index (χ4n) is 6.35. The first kappa shape index (κ1) is 22.5. The lowest BCUT2D eigenvalue weighted by molar-refractivity contribution is -0.123. The lowest BCUT2D eigenvalue weighted by atomic mass is 9.83. The van der Waals surface area contributed by atoms with E-state index in [2.05, 4.69) is 0 Å². The zero-order valence-corrected chi connectivity index (χ0v) is 20.7. The topological polar surface area (TPSA) is 66.9 Å². The standard InChI is InChI=1S/C32H24N2O4/c1-38-24-14-11-21(12-15-24)30(35)29-27-26(28-25-9-5-4-7-20(25)16-17-33(28)29)31(36)34(32(27)37)23-13-10-19-6-2-3-8-22(19)18-23/h2-18,26-29H,1H3/t26-,27-,28+,29+/m0/s1. The number of amides is 2. The van der Waals surface area contributed by atoms with E-state index in [1.807, 2.05) is 83.9 Å². The van der Waals surface area contributed by atoms with Gasteiger partial charge in [0.15, 0.2) is 5.78 Å². The van der Waals surface area contributed by atoms with Gasteiger partial charge in [-0.05, 0) is 64.4 Å².